The molecule has 19 heavy (non-hydrogen) atoms. The molecule has 4 heteroatoms. The van der Waals surface area contributed by atoms with Crippen molar-refractivity contribution in [2.45, 2.75) is 32.2 Å². The van der Waals surface area contributed by atoms with Crippen LogP contribution in [0.1, 0.15) is 39.2 Å². The van der Waals surface area contributed by atoms with E-state index in [9.17, 15) is 4.79 Å². The zero-order chi connectivity index (χ0) is 13.1. The molecule has 1 aliphatic rings. The molecule has 0 spiro atoms. The lowest BCUT2D eigenvalue weighted by atomic mass is 9.95. The van der Waals surface area contributed by atoms with Crippen LogP contribution in [0.4, 0.5) is 0 Å². The van der Waals surface area contributed by atoms with E-state index in [2.05, 4.69) is 15.7 Å². The van der Waals surface area contributed by atoms with Gasteiger partial charge >= 0.3 is 0 Å². The van der Waals surface area contributed by atoms with E-state index < -0.39 is 0 Å². The summed E-state index contributed by atoms with van der Waals surface area (Å²) in [6.45, 7) is 0.519. The van der Waals surface area contributed by atoms with Crippen LogP contribution < -0.4 is 5.32 Å². The van der Waals surface area contributed by atoms with Crippen LogP contribution in [0.3, 0.4) is 0 Å². The number of amides is 1. The van der Waals surface area contributed by atoms with Crippen molar-refractivity contribution in [1.29, 1.82) is 0 Å². The number of hydrogen-bond acceptors (Lipinski definition) is 3. The van der Waals surface area contributed by atoms with Crippen molar-refractivity contribution in [3.05, 3.63) is 51.5 Å². The Kier molecular flexibility index (Phi) is 3.60. The number of aromatic nitrogens is 1. The number of rotatable bonds is 3. The molecule has 0 bridgehead atoms. The number of carbonyl (C=O) groups excluding carboxylic acids is 1. The lowest BCUT2D eigenvalue weighted by Gasteiger charge is -2.12. The highest BCUT2D eigenvalue weighted by atomic mass is 32.1. The first-order valence-corrected chi connectivity index (χ1v) is 7.35. The van der Waals surface area contributed by atoms with Gasteiger partial charge in [0.05, 0.1) is 10.9 Å². The summed E-state index contributed by atoms with van der Waals surface area (Å²) in [5.41, 5.74) is 2.99. The number of aryl methyl sites for hydroxylation is 1. The van der Waals surface area contributed by atoms with E-state index in [4.69, 9.17) is 0 Å². The SMILES string of the molecule is O=C(NCc1cccnc1)c1[c]sc2c1CCCC2. The maximum atomic E-state index is 12.2. The number of hydrogen-bond donors (Lipinski definition) is 1. The number of nitrogens with zero attached hydrogens (tertiary/aromatic N) is 1. The van der Waals surface area contributed by atoms with Crippen LogP contribution in [0.2, 0.25) is 0 Å². The molecule has 3 rings (SSSR count). The monoisotopic (exact) mass is 271 g/mol. The highest BCUT2D eigenvalue weighted by molar-refractivity contribution is 7.10. The molecule has 2 aromatic rings. The molecule has 1 radical (unpaired) electrons. The van der Waals surface area contributed by atoms with Gasteiger partial charge in [0.2, 0.25) is 0 Å². The van der Waals surface area contributed by atoms with Gasteiger partial charge in [-0.1, -0.05) is 6.07 Å². The van der Waals surface area contributed by atoms with E-state index in [1.165, 1.54) is 23.3 Å². The van der Waals surface area contributed by atoms with E-state index in [1.807, 2.05) is 12.1 Å². The summed E-state index contributed by atoms with van der Waals surface area (Å²) in [4.78, 5) is 17.6. The molecule has 0 saturated heterocycles. The van der Waals surface area contributed by atoms with Gasteiger partial charge in [-0.3, -0.25) is 9.78 Å². The summed E-state index contributed by atoms with van der Waals surface area (Å²) in [5, 5.41) is 6.11. The molecule has 0 saturated carbocycles. The Hall–Kier alpha value is -1.68. The van der Waals surface area contributed by atoms with Crippen LogP contribution in [0.15, 0.2) is 24.5 Å². The first-order valence-electron chi connectivity index (χ1n) is 6.54. The van der Waals surface area contributed by atoms with Gasteiger partial charge in [0, 0.05) is 23.8 Å². The summed E-state index contributed by atoms with van der Waals surface area (Å²) in [5.74, 6) is -0.0109. The normalized spacial score (nSPS) is 13.9. The number of carbonyl (C=O) groups is 1. The topological polar surface area (TPSA) is 42.0 Å². The fraction of sp³-hybridized carbons (Fsp3) is 0.333. The second-order valence-electron chi connectivity index (χ2n) is 4.73. The Bertz CT molecular complexity index is 577. The Balaban J connectivity index is 1.69. The second-order valence-corrected chi connectivity index (χ2v) is 5.63. The molecular weight excluding hydrogens is 256 g/mol. The fourth-order valence-corrected chi connectivity index (χ4v) is 3.40. The fourth-order valence-electron chi connectivity index (χ4n) is 2.39. The highest BCUT2D eigenvalue weighted by Crippen LogP contribution is 2.29. The molecule has 2 aromatic heterocycles. The lowest BCUT2D eigenvalue weighted by molar-refractivity contribution is 0.0950. The Morgan fingerprint density at radius 3 is 3.16 bits per heavy atom. The lowest BCUT2D eigenvalue weighted by Crippen LogP contribution is -2.24. The van der Waals surface area contributed by atoms with Crippen LogP contribution in [-0.2, 0) is 19.4 Å². The van der Waals surface area contributed by atoms with Gasteiger partial charge < -0.3 is 5.32 Å². The third-order valence-electron chi connectivity index (χ3n) is 3.40. The zero-order valence-corrected chi connectivity index (χ0v) is 11.4. The smallest absolute Gasteiger partial charge is 0.253 e. The van der Waals surface area contributed by atoms with Gasteiger partial charge in [0.1, 0.15) is 0 Å². The summed E-state index contributed by atoms with van der Waals surface area (Å²) in [7, 11) is 0. The van der Waals surface area contributed by atoms with Crippen molar-refractivity contribution in [2.24, 2.45) is 0 Å². The predicted octanol–water partition coefficient (Wildman–Crippen LogP) is 2.75. The van der Waals surface area contributed by atoms with Gasteiger partial charge in [0.25, 0.3) is 5.91 Å². The maximum absolute atomic E-state index is 12.2. The highest BCUT2D eigenvalue weighted by Gasteiger charge is 2.20. The molecule has 1 aliphatic carbocycles. The molecule has 3 nitrogen and oxygen atoms in total. The Labute approximate surface area is 116 Å². The van der Waals surface area contributed by atoms with Crippen molar-refractivity contribution in [2.75, 3.05) is 0 Å². The largest absolute Gasteiger partial charge is 0.348 e. The van der Waals surface area contributed by atoms with E-state index in [0.717, 1.165) is 24.0 Å². The van der Waals surface area contributed by atoms with Crippen LogP contribution >= 0.6 is 11.3 Å². The van der Waals surface area contributed by atoms with E-state index in [0.29, 0.717) is 6.54 Å². The average molecular weight is 271 g/mol. The Morgan fingerprint density at radius 1 is 1.42 bits per heavy atom. The average Bonchev–Trinajstić information content (AvgIpc) is 2.90. The predicted molar refractivity (Wildman–Crippen MR) is 75.2 cm³/mol. The minimum Gasteiger partial charge on any atom is -0.348 e. The van der Waals surface area contributed by atoms with Crippen LogP contribution in [-0.4, -0.2) is 10.9 Å². The molecule has 1 amide bonds. The van der Waals surface area contributed by atoms with Crippen molar-refractivity contribution in [1.82, 2.24) is 10.3 Å². The standard InChI is InChI=1S/C15H15N2OS/c18-15(17-9-11-4-3-7-16-8-11)13-10-19-14-6-2-1-5-12(13)14/h3-4,7-8H,1-2,5-6,9H2,(H,17,18). The zero-order valence-electron chi connectivity index (χ0n) is 10.6. The number of fused-ring (bicyclic) bond motifs is 1. The number of pyridine rings is 1. The minimum atomic E-state index is -0.0109. The van der Waals surface area contributed by atoms with Gasteiger partial charge in [-0.15, -0.1) is 11.3 Å². The maximum Gasteiger partial charge on any atom is 0.253 e. The van der Waals surface area contributed by atoms with Crippen LogP contribution in [0.25, 0.3) is 0 Å². The molecular formula is C15H15N2OS. The van der Waals surface area contributed by atoms with Crippen LogP contribution in [0.5, 0.6) is 0 Å². The first-order chi connectivity index (χ1) is 9.34. The van der Waals surface area contributed by atoms with Gasteiger partial charge in [-0.25, -0.2) is 0 Å². The summed E-state index contributed by atoms with van der Waals surface area (Å²) in [6, 6.07) is 3.83. The van der Waals surface area contributed by atoms with Gasteiger partial charge in [0.15, 0.2) is 0 Å². The van der Waals surface area contributed by atoms with Crippen molar-refractivity contribution < 1.29 is 4.79 Å². The van der Waals surface area contributed by atoms with Crippen molar-refractivity contribution in [3.63, 3.8) is 0 Å². The number of nitrogens with one attached hydrogen (secondary N) is 1. The summed E-state index contributed by atoms with van der Waals surface area (Å²) in [6.07, 6.45) is 8.04. The first kappa shape index (κ1) is 12.4. The quantitative estimate of drug-likeness (QED) is 0.932. The van der Waals surface area contributed by atoms with Crippen LogP contribution in [0, 0.1) is 5.38 Å². The van der Waals surface area contributed by atoms with Gasteiger partial charge in [-0.05, 0) is 42.9 Å². The van der Waals surface area contributed by atoms with Crippen molar-refractivity contribution in [3.8, 4) is 0 Å². The minimum absolute atomic E-state index is 0.0109. The number of thiophene rings is 1. The Morgan fingerprint density at radius 2 is 2.32 bits per heavy atom. The molecule has 2 heterocycles. The van der Waals surface area contributed by atoms with E-state index in [1.54, 1.807) is 23.7 Å². The molecule has 0 atom stereocenters. The summed E-state index contributed by atoms with van der Waals surface area (Å²) >= 11 is 1.60. The third kappa shape index (κ3) is 2.68. The van der Waals surface area contributed by atoms with E-state index in [-0.39, 0.29) is 5.91 Å². The second kappa shape index (κ2) is 5.53. The molecule has 1 N–H and O–H groups in total. The van der Waals surface area contributed by atoms with Gasteiger partial charge in [-0.2, -0.15) is 0 Å². The van der Waals surface area contributed by atoms with Crippen molar-refractivity contribution >= 4 is 17.2 Å². The molecule has 0 unspecified atom stereocenters. The molecule has 97 valence electrons. The molecule has 0 aromatic carbocycles. The summed E-state index contributed by atoms with van der Waals surface area (Å²) < 4.78 is 0. The van der Waals surface area contributed by atoms with E-state index >= 15 is 0 Å². The molecule has 0 aliphatic heterocycles. The third-order valence-corrected chi connectivity index (χ3v) is 4.40. The molecule has 0 fully saturated rings.